The van der Waals surface area contributed by atoms with Crippen LogP contribution >= 0.6 is 0 Å². The van der Waals surface area contributed by atoms with Crippen LogP contribution < -0.4 is 10.6 Å². The lowest BCUT2D eigenvalue weighted by molar-refractivity contribution is -0.122. The topological polar surface area (TPSA) is 46.1 Å². The molecule has 0 spiro atoms. The molecule has 1 aromatic heterocycles. The van der Waals surface area contributed by atoms with E-state index in [1.165, 1.54) is 5.56 Å². The molecule has 1 amide bonds. The number of amides is 1. The number of carbonyl (C=O) groups excluding carboxylic acids is 1. The minimum absolute atomic E-state index is 0.0811. The minimum atomic E-state index is 0.0811. The first-order valence-electron chi connectivity index (χ1n) is 6.24. The normalized spacial score (nSPS) is 12.4. The molecule has 1 heterocycles. The van der Waals surface area contributed by atoms with E-state index < -0.39 is 0 Å². The van der Waals surface area contributed by atoms with Crippen LogP contribution in [0.4, 0.5) is 0 Å². The van der Waals surface area contributed by atoms with Gasteiger partial charge in [-0.2, -0.15) is 0 Å². The van der Waals surface area contributed by atoms with E-state index in [2.05, 4.69) is 17.6 Å². The molecule has 0 aliphatic rings. The molecule has 0 saturated heterocycles. The fraction of sp³-hybridized carbons (Fsp3) is 0.615. The summed E-state index contributed by atoms with van der Waals surface area (Å²) in [4.78, 5) is 11.7. The van der Waals surface area contributed by atoms with Crippen molar-refractivity contribution in [3.63, 3.8) is 0 Å². The summed E-state index contributed by atoms with van der Waals surface area (Å²) in [5.41, 5.74) is 1.20. The molecule has 0 fully saturated rings. The van der Waals surface area contributed by atoms with Crippen molar-refractivity contribution in [1.82, 2.24) is 15.2 Å². The molecule has 4 heteroatoms. The van der Waals surface area contributed by atoms with Crippen LogP contribution in [-0.2, 0) is 17.9 Å². The average molecular weight is 237 g/mol. The van der Waals surface area contributed by atoms with Crippen molar-refractivity contribution < 1.29 is 4.79 Å². The van der Waals surface area contributed by atoms with Crippen molar-refractivity contribution >= 4 is 5.91 Å². The zero-order valence-corrected chi connectivity index (χ0v) is 11.0. The Morgan fingerprint density at radius 3 is 2.94 bits per heavy atom. The SMILES string of the molecule is CCCC(C)NC(=O)Cn1ccc(CNC)c1. The van der Waals surface area contributed by atoms with Gasteiger partial charge in [0, 0.05) is 25.0 Å². The molecule has 0 saturated carbocycles. The predicted molar refractivity (Wildman–Crippen MR) is 69.7 cm³/mol. The molecule has 1 rings (SSSR count). The molecule has 0 aliphatic heterocycles. The molecule has 96 valence electrons. The molecular formula is C13H23N3O. The molecule has 0 bridgehead atoms. The highest BCUT2D eigenvalue weighted by Gasteiger charge is 2.07. The second-order valence-electron chi connectivity index (χ2n) is 4.48. The van der Waals surface area contributed by atoms with Crippen molar-refractivity contribution in [2.75, 3.05) is 7.05 Å². The minimum Gasteiger partial charge on any atom is -0.352 e. The van der Waals surface area contributed by atoms with Crippen LogP contribution in [0.2, 0.25) is 0 Å². The summed E-state index contributed by atoms with van der Waals surface area (Å²) in [6, 6.07) is 2.29. The number of hydrogen-bond donors (Lipinski definition) is 2. The second kappa shape index (κ2) is 7.12. The van der Waals surface area contributed by atoms with Crippen LogP contribution in [-0.4, -0.2) is 23.6 Å². The molecule has 1 unspecified atom stereocenters. The van der Waals surface area contributed by atoms with Gasteiger partial charge in [0.25, 0.3) is 0 Å². The molecule has 0 radical (unpaired) electrons. The standard InChI is InChI=1S/C13H23N3O/c1-4-5-11(2)15-13(17)10-16-7-6-12(9-16)8-14-3/h6-7,9,11,14H,4-5,8,10H2,1-3H3,(H,15,17). The molecule has 17 heavy (non-hydrogen) atoms. The molecule has 1 aromatic rings. The highest BCUT2D eigenvalue weighted by molar-refractivity contribution is 5.76. The fourth-order valence-electron chi connectivity index (χ4n) is 1.89. The first kappa shape index (κ1) is 13.8. The van der Waals surface area contributed by atoms with E-state index in [1.54, 1.807) is 0 Å². The fourth-order valence-corrected chi connectivity index (χ4v) is 1.89. The number of rotatable bonds is 7. The largest absolute Gasteiger partial charge is 0.352 e. The molecule has 4 nitrogen and oxygen atoms in total. The molecular weight excluding hydrogens is 214 g/mol. The Balaban J connectivity index is 2.39. The number of nitrogens with one attached hydrogen (secondary N) is 2. The van der Waals surface area contributed by atoms with Gasteiger partial charge in [-0.05, 0) is 32.0 Å². The zero-order chi connectivity index (χ0) is 12.7. The highest BCUT2D eigenvalue weighted by atomic mass is 16.2. The van der Waals surface area contributed by atoms with Gasteiger partial charge < -0.3 is 15.2 Å². The summed E-state index contributed by atoms with van der Waals surface area (Å²) in [5, 5.41) is 6.08. The van der Waals surface area contributed by atoms with Gasteiger partial charge in [0.1, 0.15) is 6.54 Å². The van der Waals surface area contributed by atoms with Gasteiger partial charge >= 0.3 is 0 Å². The van der Waals surface area contributed by atoms with Crippen LogP contribution in [0.25, 0.3) is 0 Å². The van der Waals surface area contributed by atoms with Crippen molar-refractivity contribution in [2.45, 2.75) is 45.8 Å². The van der Waals surface area contributed by atoms with Crippen molar-refractivity contribution in [1.29, 1.82) is 0 Å². The Morgan fingerprint density at radius 2 is 2.29 bits per heavy atom. The van der Waals surface area contributed by atoms with Crippen molar-refractivity contribution in [3.8, 4) is 0 Å². The van der Waals surface area contributed by atoms with Gasteiger partial charge in [-0.25, -0.2) is 0 Å². The Hall–Kier alpha value is -1.29. The van der Waals surface area contributed by atoms with Gasteiger partial charge in [0.2, 0.25) is 5.91 Å². The Labute approximate surface area is 103 Å². The Morgan fingerprint density at radius 1 is 1.53 bits per heavy atom. The maximum atomic E-state index is 11.7. The maximum absolute atomic E-state index is 11.7. The van der Waals surface area contributed by atoms with Crippen molar-refractivity contribution in [2.24, 2.45) is 0 Å². The van der Waals surface area contributed by atoms with Crippen LogP contribution in [0, 0.1) is 0 Å². The summed E-state index contributed by atoms with van der Waals surface area (Å²) >= 11 is 0. The lowest BCUT2D eigenvalue weighted by Crippen LogP contribution is -2.34. The quantitative estimate of drug-likeness (QED) is 0.755. The summed E-state index contributed by atoms with van der Waals surface area (Å²) in [6.07, 6.45) is 6.07. The zero-order valence-electron chi connectivity index (χ0n) is 11.0. The van der Waals surface area contributed by atoms with Crippen LogP contribution in [0.3, 0.4) is 0 Å². The summed E-state index contributed by atoms with van der Waals surface area (Å²) in [6.45, 7) is 5.40. The third-order valence-electron chi connectivity index (χ3n) is 2.65. The maximum Gasteiger partial charge on any atom is 0.240 e. The summed E-state index contributed by atoms with van der Waals surface area (Å²) in [7, 11) is 1.91. The van der Waals surface area contributed by atoms with Gasteiger partial charge in [0.15, 0.2) is 0 Å². The Kier molecular flexibility index (Phi) is 5.77. The van der Waals surface area contributed by atoms with E-state index in [-0.39, 0.29) is 11.9 Å². The molecule has 2 N–H and O–H groups in total. The first-order chi connectivity index (χ1) is 8.15. The van der Waals surface area contributed by atoms with E-state index in [9.17, 15) is 4.79 Å². The summed E-state index contributed by atoms with van der Waals surface area (Å²) in [5.74, 6) is 0.0811. The van der Waals surface area contributed by atoms with Gasteiger partial charge in [-0.15, -0.1) is 0 Å². The number of aromatic nitrogens is 1. The Bertz CT molecular complexity index is 346. The van der Waals surface area contributed by atoms with Gasteiger partial charge in [0.05, 0.1) is 0 Å². The molecule has 0 aromatic carbocycles. The van der Waals surface area contributed by atoms with E-state index >= 15 is 0 Å². The lowest BCUT2D eigenvalue weighted by atomic mass is 10.2. The third-order valence-corrected chi connectivity index (χ3v) is 2.65. The van der Waals surface area contributed by atoms with E-state index in [0.717, 1.165) is 19.4 Å². The van der Waals surface area contributed by atoms with Crippen LogP contribution in [0.1, 0.15) is 32.3 Å². The van der Waals surface area contributed by atoms with Gasteiger partial charge in [-0.3, -0.25) is 4.79 Å². The van der Waals surface area contributed by atoms with Crippen LogP contribution in [0.5, 0.6) is 0 Å². The van der Waals surface area contributed by atoms with Crippen molar-refractivity contribution in [3.05, 3.63) is 24.0 Å². The van der Waals surface area contributed by atoms with E-state index in [4.69, 9.17) is 0 Å². The third kappa shape index (κ3) is 5.04. The predicted octanol–water partition coefficient (Wildman–Crippen LogP) is 1.51. The first-order valence-corrected chi connectivity index (χ1v) is 6.24. The van der Waals surface area contributed by atoms with Crippen LogP contribution in [0.15, 0.2) is 18.5 Å². The second-order valence-corrected chi connectivity index (χ2v) is 4.48. The smallest absolute Gasteiger partial charge is 0.240 e. The van der Waals surface area contributed by atoms with Gasteiger partial charge in [-0.1, -0.05) is 13.3 Å². The number of carbonyl (C=O) groups is 1. The molecule has 1 atom stereocenters. The monoisotopic (exact) mass is 237 g/mol. The summed E-state index contributed by atoms with van der Waals surface area (Å²) < 4.78 is 1.92. The van der Waals surface area contributed by atoms with E-state index in [0.29, 0.717) is 6.54 Å². The molecule has 0 aliphatic carbocycles. The average Bonchev–Trinajstić information content (AvgIpc) is 2.66. The lowest BCUT2D eigenvalue weighted by Gasteiger charge is -2.12. The number of hydrogen-bond acceptors (Lipinski definition) is 2. The number of nitrogens with zero attached hydrogens (tertiary/aromatic N) is 1. The highest BCUT2D eigenvalue weighted by Crippen LogP contribution is 2.01. The van der Waals surface area contributed by atoms with E-state index in [1.807, 2.05) is 37.0 Å².